The van der Waals surface area contributed by atoms with Crippen molar-refractivity contribution >= 4 is 35.0 Å². The van der Waals surface area contributed by atoms with E-state index in [1.807, 2.05) is 84.9 Å². The van der Waals surface area contributed by atoms with Crippen LogP contribution in [0.1, 0.15) is 69.0 Å². The monoisotopic (exact) mass is 940 g/mol. The fourth-order valence-electron chi connectivity index (χ4n) is 8.42. The number of anilines is 2. The Hall–Kier alpha value is -8.32. The van der Waals surface area contributed by atoms with E-state index in [-0.39, 0.29) is 23.5 Å². The molecule has 0 radical (unpaired) electrons. The van der Waals surface area contributed by atoms with Crippen molar-refractivity contribution in [3.05, 3.63) is 143 Å². The van der Waals surface area contributed by atoms with Gasteiger partial charge in [-0.05, 0) is 61.4 Å². The zero-order chi connectivity index (χ0) is 48.7. The summed E-state index contributed by atoms with van der Waals surface area (Å²) in [7, 11) is 3.31. The van der Waals surface area contributed by atoms with Gasteiger partial charge in [-0.2, -0.15) is 0 Å². The predicted molar refractivity (Wildman–Crippen MR) is 260 cm³/mol. The summed E-state index contributed by atoms with van der Waals surface area (Å²) in [5.74, 6) is 13.2. The number of carbonyl (C=O) groups excluding carboxylic acids is 4. The van der Waals surface area contributed by atoms with E-state index in [1.165, 1.54) is 9.80 Å². The third-order valence-corrected chi connectivity index (χ3v) is 12.4. The summed E-state index contributed by atoms with van der Waals surface area (Å²) in [4.78, 5) is 70.1. The smallest absolute Gasteiger partial charge is 0.291 e. The SMILES string of the molecule is C[C@H]1Oc2ccc(C#CCN3CCN(CC#Cc4ccc5c(c4)N(C)C(=O)[C@@H](NC(=O)c4n[nH]c(Cc6ccccc6)n4)[C@@H](C)O5)CC3)cc2N(C)C(=O)[C@H]1NC(=O)c1n[nH]c(Cc2ccccc2)n1. The summed E-state index contributed by atoms with van der Waals surface area (Å²) < 4.78 is 12.4. The van der Waals surface area contributed by atoms with Gasteiger partial charge in [-0.1, -0.05) is 84.3 Å². The molecular weight excluding hydrogens is 889 g/mol. The van der Waals surface area contributed by atoms with E-state index in [1.54, 1.807) is 40.1 Å². The summed E-state index contributed by atoms with van der Waals surface area (Å²) >= 11 is 0. The molecule has 5 heterocycles. The number of nitrogens with zero attached hydrogens (tertiary/aromatic N) is 8. The van der Waals surface area contributed by atoms with Gasteiger partial charge in [0.05, 0.1) is 24.5 Å². The van der Waals surface area contributed by atoms with Crippen molar-refractivity contribution in [2.75, 3.05) is 63.2 Å². The molecule has 0 bridgehead atoms. The number of rotatable bonds is 10. The van der Waals surface area contributed by atoms with Gasteiger partial charge in [-0.25, -0.2) is 9.97 Å². The van der Waals surface area contributed by atoms with Crippen LogP contribution in [-0.2, 0) is 22.4 Å². The molecule has 1 saturated heterocycles. The molecule has 0 unspecified atom stereocenters. The molecule has 18 heteroatoms. The fourth-order valence-corrected chi connectivity index (χ4v) is 8.42. The van der Waals surface area contributed by atoms with E-state index in [2.05, 4.69) is 74.5 Å². The van der Waals surface area contributed by atoms with Crippen LogP contribution in [0.5, 0.6) is 11.5 Å². The van der Waals surface area contributed by atoms with Crippen LogP contribution < -0.4 is 29.9 Å². The molecule has 4 amide bonds. The summed E-state index contributed by atoms with van der Waals surface area (Å²) in [6.07, 6.45) is -0.373. The first-order chi connectivity index (χ1) is 33.9. The van der Waals surface area contributed by atoms with Gasteiger partial charge >= 0.3 is 0 Å². The maximum atomic E-state index is 13.7. The largest absolute Gasteiger partial charge is 0.486 e. The van der Waals surface area contributed by atoms with E-state index in [9.17, 15) is 19.2 Å². The van der Waals surface area contributed by atoms with E-state index >= 15 is 0 Å². The Kier molecular flexibility index (Phi) is 14.0. The second kappa shape index (κ2) is 20.9. The molecule has 6 aromatic rings. The molecule has 4 N–H and O–H groups in total. The minimum Gasteiger partial charge on any atom is -0.486 e. The van der Waals surface area contributed by atoms with Crippen LogP contribution in [0.25, 0.3) is 0 Å². The molecule has 4 aromatic carbocycles. The van der Waals surface area contributed by atoms with Crippen LogP contribution in [0.2, 0.25) is 0 Å². The standard InChI is InChI=1S/C52H52N12O6/c1-33-45(55-49(65)47-53-43(57-59-47)31-35-13-7-5-8-14-35)51(67)61(3)39-29-37(19-21-41(39)69-33)17-11-23-63-25-27-64(28-26-63)24-12-18-38-20-22-42-40(30-38)62(4)52(68)46(34(2)70-42)56-50(66)48-54-44(58-60-48)32-36-15-9-6-10-16-36/h5-10,13-16,19-22,29-30,33-34,45-46H,23-28,31-32H2,1-4H3,(H,55,65)(H,56,66)(H,53,57,59)(H,54,58,60)/t33-,34-,45+,46+/m1/s1. The minimum absolute atomic E-state index is 0.0559. The van der Waals surface area contributed by atoms with Crippen LogP contribution in [0, 0.1) is 23.7 Å². The number of piperazine rings is 1. The van der Waals surface area contributed by atoms with Gasteiger partial charge < -0.3 is 29.9 Å². The number of fused-ring (bicyclic) bond motifs is 2. The lowest BCUT2D eigenvalue weighted by Gasteiger charge is -2.32. The van der Waals surface area contributed by atoms with Gasteiger partial charge in [0.15, 0.2) is 0 Å². The Balaban J connectivity index is 0.739. The highest BCUT2D eigenvalue weighted by atomic mass is 16.5. The van der Waals surface area contributed by atoms with E-state index in [4.69, 9.17) is 9.47 Å². The molecule has 0 aliphatic carbocycles. The van der Waals surface area contributed by atoms with Gasteiger partial charge in [0.25, 0.3) is 23.6 Å². The number of H-pyrrole nitrogens is 2. The van der Waals surface area contributed by atoms with Gasteiger partial charge in [-0.15, -0.1) is 10.2 Å². The Bertz CT molecular complexity index is 2810. The number of hydrogen-bond donors (Lipinski definition) is 4. The molecular formula is C52H52N12O6. The Morgan fingerprint density at radius 1 is 0.614 bits per heavy atom. The number of aromatic amines is 2. The zero-order valence-electron chi connectivity index (χ0n) is 39.2. The first kappa shape index (κ1) is 46.8. The summed E-state index contributed by atoms with van der Waals surface area (Å²) in [6, 6.07) is 28.5. The van der Waals surface area contributed by atoms with Crippen molar-refractivity contribution < 1.29 is 28.7 Å². The highest BCUT2D eigenvalue weighted by Crippen LogP contribution is 2.35. The molecule has 0 saturated carbocycles. The van der Waals surface area contributed by atoms with Crippen molar-refractivity contribution in [2.24, 2.45) is 0 Å². The highest BCUT2D eigenvalue weighted by Gasteiger charge is 2.38. The van der Waals surface area contributed by atoms with E-state index in [0.717, 1.165) is 48.4 Å². The molecule has 18 nitrogen and oxygen atoms in total. The van der Waals surface area contributed by atoms with Crippen molar-refractivity contribution in [2.45, 2.75) is 51.0 Å². The van der Waals surface area contributed by atoms with Gasteiger partial charge in [0, 0.05) is 64.2 Å². The third-order valence-electron chi connectivity index (χ3n) is 12.4. The average Bonchev–Trinajstić information content (AvgIpc) is 4.02. The first-order valence-corrected chi connectivity index (χ1v) is 23.1. The number of aromatic nitrogens is 6. The summed E-state index contributed by atoms with van der Waals surface area (Å²) in [5.41, 5.74) is 4.62. The average molecular weight is 941 g/mol. The van der Waals surface area contributed by atoms with Crippen molar-refractivity contribution in [1.82, 2.24) is 50.8 Å². The van der Waals surface area contributed by atoms with E-state index < -0.39 is 36.1 Å². The summed E-state index contributed by atoms with van der Waals surface area (Å²) in [5, 5.41) is 19.4. The molecule has 0 spiro atoms. The number of benzene rings is 4. The fraction of sp³-hybridized carbons (Fsp3) is 0.308. The van der Waals surface area contributed by atoms with Crippen LogP contribution in [-0.4, -0.2) is 141 Å². The number of ether oxygens (including phenoxy) is 2. The van der Waals surface area contributed by atoms with Crippen LogP contribution in [0.3, 0.4) is 0 Å². The normalized spacial score (nSPS) is 19.1. The lowest BCUT2D eigenvalue weighted by Crippen LogP contribution is -2.53. The van der Waals surface area contributed by atoms with Crippen LogP contribution >= 0.6 is 0 Å². The third kappa shape index (κ3) is 10.8. The molecule has 356 valence electrons. The molecule has 1 fully saturated rings. The van der Waals surface area contributed by atoms with Gasteiger partial charge in [-0.3, -0.25) is 39.2 Å². The number of amides is 4. The van der Waals surface area contributed by atoms with Crippen molar-refractivity contribution in [3.63, 3.8) is 0 Å². The molecule has 9 rings (SSSR count). The predicted octanol–water partition coefficient (Wildman–Crippen LogP) is 3.21. The quantitative estimate of drug-likeness (QED) is 0.146. The molecule has 2 aromatic heterocycles. The Morgan fingerprint density at radius 3 is 1.41 bits per heavy atom. The maximum absolute atomic E-state index is 13.7. The van der Waals surface area contributed by atoms with Crippen molar-refractivity contribution in [3.8, 4) is 35.2 Å². The molecule has 3 aliphatic heterocycles. The van der Waals surface area contributed by atoms with Crippen LogP contribution in [0.15, 0.2) is 97.1 Å². The van der Waals surface area contributed by atoms with Crippen molar-refractivity contribution in [1.29, 1.82) is 0 Å². The van der Waals surface area contributed by atoms with Crippen LogP contribution in [0.4, 0.5) is 11.4 Å². The molecule has 70 heavy (non-hydrogen) atoms. The maximum Gasteiger partial charge on any atom is 0.291 e. The highest BCUT2D eigenvalue weighted by molar-refractivity contribution is 6.04. The Labute approximate surface area is 405 Å². The van der Waals surface area contributed by atoms with Gasteiger partial charge in [0.2, 0.25) is 11.6 Å². The lowest BCUT2D eigenvalue weighted by atomic mass is 10.1. The second-order valence-corrected chi connectivity index (χ2v) is 17.4. The number of carbonyl (C=O) groups is 4. The summed E-state index contributed by atoms with van der Waals surface area (Å²) in [6.45, 7) is 7.92. The first-order valence-electron chi connectivity index (χ1n) is 23.1. The number of hydrogen-bond acceptors (Lipinski definition) is 12. The van der Waals surface area contributed by atoms with E-state index in [0.29, 0.717) is 60.5 Å². The topological polar surface area (TPSA) is 207 Å². The van der Waals surface area contributed by atoms with Gasteiger partial charge in [0.1, 0.15) is 47.4 Å². The minimum atomic E-state index is -0.980. The molecule has 4 atom stereocenters. The number of likely N-dealkylation sites (N-methyl/N-ethyl adjacent to an activating group) is 2. The zero-order valence-corrected chi connectivity index (χ0v) is 39.2. The second-order valence-electron chi connectivity index (χ2n) is 17.4. The number of nitrogens with one attached hydrogen (secondary N) is 4. The molecule has 3 aliphatic rings. The lowest BCUT2D eigenvalue weighted by molar-refractivity contribution is -0.122. The Morgan fingerprint density at radius 2 is 1.01 bits per heavy atom.